The van der Waals surface area contributed by atoms with E-state index in [9.17, 15) is 18.0 Å². The van der Waals surface area contributed by atoms with Crippen LogP contribution in [-0.2, 0) is 10.9 Å². The molecule has 8 heteroatoms. The summed E-state index contributed by atoms with van der Waals surface area (Å²) in [5.41, 5.74) is 0.479. The third-order valence-corrected chi connectivity index (χ3v) is 6.68. The van der Waals surface area contributed by atoms with E-state index in [2.05, 4.69) is 5.10 Å². The zero-order chi connectivity index (χ0) is 22.9. The minimum atomic E-state index is -4.42. The van der Waals surface area contributed by atoms with Gasteiger partial charge >= 0.3 is 12.3 Å². The Balaban J connectivity index is 1.32. The molecule has 1 amide bonds. The Labute approximate surface area is 185 Å². The lowest BCUT2D eigenvalue weighted by molar-refractivity contribution is -0.137. The van der Waals surface area contributed by atoms with Crippen LogP contribution in [0.4, 0.5) is 18.0 Å². The van der Waals surface area contributed by atoms with E-state index < -0.39 is 17.3 Å². The lowest BCUT2D eigenvalue weighted by Crippen LogP contribution is -2.64. The van der Waals surface area contributed by atoms with Crippen LogP contribution in [0.15, 0.2) is 30.5 Å². The van der Waals surface area contributed by atoms with Gasteiger partial charge in [0.25, 0.3) is 0 Å². The van der Waals surface area contributed by atoms with E-state index in [1.54, 1.807) is 11.0 Å². The number of halogens is 3. The van der Waals surface area contributed by atoms with Crippen molar-refractivity contribution in [2.45, 2.75) is 70.2 Å². The SMILES string of the molecule is CC(C)(C)OC(=O)N1CC2(CC(n3cc(C4CC4)c(-c4ccccc4C(F)(F)F)n3)C2)C1. The molecule has 5 rings (SSSR count). The second-order valence-corrected chi connectivity index (χ2v) is 10.6. The zero-order valence-corrected chi connectivity index (χ0v) is 18.6. The molecule has 0 bridgehead atoms. The van der Waals surface area contributed by atoms with Crippen LogP contribution in [0.5, 0.6) is 0 Å². The van der Waals surface area contributed by atoms with Gasteiger partial charge in [0.1, 0.15) is 5.60 Å². The fourth-order valence-electron chi connectivity index (χ4n) is 5.04. The molecule has 2 saturated carbocycles. The molecule has 5 nitrogen and oxygen atoms in total. The van der Waals surface area contributed by atoms with E-state index in [1.165, 1.54) is 12.1 Å². The van der Waals surface area contributed by atoms with Crippen molar-refractivity contribution in [2.24, 2.45) is 5.41 Å². The number of aromatic nitrogens is 2. The summed E-state index contributed by atoms with van der Waals surface area (Å²) in [4.78, 5) is 13.9. The van der Waals surface area contributed by atoms with Crippen molar-refractivity contribution in [2.75, 3.05) is 13.1 Å². The van der Waals surface area contributed by atoms with Crippen LogP contribution in [0.3, 0.4) is 0 Å². The van der Waals surface area contributed by atoms with Crippen molar-refractivity contribution in [3.8, 4) is 11.3 Å². The number of amides is 1. The van der Waals surface area contributed by atoms with E-state index in [0.717, 1.165) is 37.3 Å². The Morgan fingerprint density at radius 2 is 1.78 bits per heavy atom. The summed E-state index contributed by atoms with van der Waals surface area (Å²) in [5, 5.41) is 4.68. The van der Waals surface area contributed by atoms with E-state index in [0.29, 0.717) is 24.7 Å². The summed E-state index contributed by atoms with van der Waals surface area (Å²) >= 11 is 0. The summed E-state index contributed by atoms with van der Waals surface area (Å²) in [7, 11) is 0. The number of nitrogens with zero attached hydrogens (tertiary/aromatic N) is 3. The second-order valence-electron chi connectivity index (χ2n) is 10.6. The first-order chi connectivity index (χ1) is 14.9. The lowest BCUT2D eigenvalue weighted by atomic mass is 9.61. The molecule has 0 unspecified atom stereocenters. The minimum absolute atomic E-state index is 0.0807. The maximum absolute atomic E-state index is 13.6. The number of carbonyl (C=O) groups is 1. The summed E-state index contributed by atoms with van der Waals surface area (Å²) < 4.78 is 48.1. The summed E-state index contributed by atoms with van der Waals surface area (Å²) in [6.45, 7) is 6.88. The van der Waals surface area contributed by atoms with Gasteiger partial charge < -0.3 is 9.64 Å². The molecule has 2 heterocycles. The van der Waals surface area contributed by atoms with Gasteiger partial charge in [-0.1, -0.05) is 18.2 Å². The summed E-state index contributed by atoms with van der Waals surface area (Å²) in [6.07, 6.45) is 0.990. The van der Waals surface area contributed by atoms with Gasteiger partial charge in [0.2, 0.25) is 0 Å². The van der Waals surface area contributed by atoms with Crippen LogP contribution in [0, 0.1) is 5.41 Å². The van der Waals surface area contributed by atoms with Gasteiger partial charge in [0, 0.05) is 35.8 Å². The van der Waals surface area contributed by atoms with Gasteiger partial charge in [-0.15, -0.1) is 0 Å². The molecule has 2 aromatic rings. The molecular formula is C24H28F3N3O2. The van der Waals surface area contributed by atoms with Crippen molar-refractivity contribution in [3.05, 3.63) is 41.6 Å². The fraction of sp³-hybridized carbons (Fsp3) is 0.583. The van der Waals surface area contributed by atoms with Crippen LogP contribution in [0.2, 0.25) is 0 Å². The summed E-state index contributed by atoms with van der Waals surface area (Å²) in [6, 6.07) is 5.86. The fourth-order valence-corrected chi connectivity index (χ4v) is 5.04. The molecule has 0 radical (unpaired) electrons. The molecule has 3 fully saturated rings. The molecule has 2 aliphatic carbocycles. The largest absolute Gasteiger partial charge is 0.444 e. The molecule has 32 heavy (non-hydrogen) atoms. The number of hydrogen-bond acceptors (Lipinski definition) is 3. The highest BCUT2D eigenvalue weighted by atomic mass is 19.4. The molecule has 1 aromatic heterocycles. The first-order valence-corrected chi connectivity index (χ1v) is 11.2. The predicted molar refractivity (Wildman–Crippen MR) is 113 cm³/mol. The normalized spacial score (nSPS) is 20.8. The van der Waals surface area contributed by atoms with E-state index in [1.807, 2.05) is 31.6 Å². The van der Waals surface area contributed by atoms with Crippen LogP contribution in [0.25, 0.3) is 11.3 Å². The molecular weight excluding hydrogens is 419 g/mol. The van der Waals surface area contributed by atoms with Crippen LogP contribution in [-0.4, -0.2) is 39.5 Å². The Kier molecular flexibility index (Phi) is 4.66. The molecule has 0 atom stereocenters. The van der Waals surface area contributed by atoms with Gasteiger partial charge in [-0.2, -0.15) is 18.3 Å². The van der Waals surface area contributed by atoms with Crippen molar-refractivity contribution in [1.82, 2.24) is 14.7 Å². The maximum Gasteiger partial charge on any atom is 0.417 e. The number of carbonyl (C=O) groups excluding carboxylic acids is 1. The highest BCUT2D eigenvalue weighted by Gasteiger charge is 2.55. The molecule has 3 aliphatic rings. The van der Waals surface area contributed by atoms with E-state index in [-0.39, 0.29) is 23.1 Å². The number of likely N-dealkylation sites (tertiary alicyclic amines) is 1. The van der Waals surface area contributed by atoms with Crippen molar-refractivity contribution < 1.29 is 22.7 Å². The zero-order valence-electron chi connectivity index (χ0n) is 18.6. The number of alkyl halides is 3. The first kappa shape index (κ1) is 21.3. The molecule has 1 spiro atoms. The first-order valence-electron chi connectivity index (χ1n) is 11.2. The molecule has 0 N–H and O–H groups in total. The third-order valence-electron chi connectivity index (χ3n) is 6.68. The average Bonchev–Trinajstić information content (AvgIpc) is 3.37. The van der Waals surface area contributed by atoms with Crippen molar-refractivity contribution in [1.29, 1.82) is 0 Å². The molecule has 1 aliphatic heterocycles. The van der Waals surface area contributed by atoms with Crippen molar-refractivity contribution >= 4 is 6.09 Å². The van der Waals surface area contributed by atoms with E-state index in [4.69, 9.17) is 4.74 Å². The van der Waals surface area contributed by atoms with Gasteiger partial charge in [0.15, 0.2) is 0 Å². The van der Waals surface area contributed by atoms with Gasteiger partial charge in [-0.05, 0) is 58.4 Å². The number of rotatable bonds is 3. The Morgan fingerprint density at radius 3 is 2.38 bits per heavy atom. The topological polar surface area (TPSA) is 47.4 Å². The molecule has 1 aromatic carbocycles. The quantitative estimate of drug-likeness (QED) is 0.578. The Hall–Kier alpha value is -2.51. The average molecular weight is 448 g/mol. The highest BCUT2D eigenvalue weighted by molar-refractivity contribution is 5.70. The van der Waals surface area contributed by atoms with Gasteiger partial charge in [-0.3, -0.25) is 4.68 Å². The van der Waals surface area contributed by atoms with Gasteiger partial charge in [-0.25, -0.2) is 4.79 Å². The molecule has 172 valence electrons. The summed E-state index contributed by atoms with van der Waals surface area (Å²) in [5.74, 6) is 0.292. The third kappa shape index (κ3) is 3.88. The second kappa shape index (κ2) is 6.99. The predicted octanol–water partition coefficient (Wildman–Crippen LogP) is 6.02. The van der Waals surface area contributed by atoms with Crippen LogP contribution in [0.1, 0.15) is 69.5 Å². The maximum atomic E-state index is 13.6. The highest BCUT2D eigenvalue weighted by Crippen LogP contribution is 2.55. The number of hydrogen-bond donors (Lipinski definition) is 0. The minimum Gasteiger partial charge on any atom is -0.444 e. The standard InChI is InChI=1S/C24H28F3N3O2/c1-22(2,3)32-21(31)29-13-23(14-29)10-16(11-23)30-12-18(15-8-9-15)20(28-30)17-6-4-5-7-19(17)24(25,26)27/h4-7,12,15-16H,8-11,13-14H2,1-3H3. The smallest absolute Gasteiger partial charge is 0.417 e. The number of ether oxygens (including phenoxy) is 1. The lowest BCUT2D eigenvalue weighted by Gasteiger charge is -2.58. The van der Waals surface area contributed by atoms with Crippen molar-refractivity contribution in [3.63, 3.8) is 0 Å². The molecule has 1 saturated heterocycles. The van der Waals surface area contributed by atoms with Gasteiger partial charge in [0.05, 0.1) is 17.3 Å². The Morgan fingerprint density at radius 1 is 1.12 bits per heavy atom. The van der Waals surface area contributed by atoms with Crippen LogP contribution >= 0.6 is 0 Å². The monoisotopic (exact) mass is 447 g/mol. The van der Waals surface area contributed by atoms with E-state index >= 15 is 0 Å². The Bertz CT molecular complexity index is 1040. The van der Waals surface area contributed by atoms with Crippen LogP contribution < -0.4 is 0 Å². The number of benzene rings is 1.